The minimum absolute atomic E-state index is 0.114. The van der Waals surface area contributed by atoms with Crippen molar-refractivity contribution in [3.05, 3.63) is 53.8 Å². The quantitative estimate of drug-likeness (QED) is 0.653. The van der Waals surface area contributed by atoms with Crippen LogP contribution in [-0.2, 0) is 9.53 Å². The molecule has 0 bridgehead atoms. The van der Waals surface area contributed by atoms with E-state index in [2.05, 4.69) is 15.2 Å². The number of amides is 1. The van der Waals surface area contributed by atoms with Gasteiger partial charge < -0.3 is 15.0 Å². The Kier molecular flexibility index (Phi) is 5.44. The van der Waals surface area contributed by atoms with Crippen LogP contribution in [0, 0.1) is 11.7 Å². The fraction of sp³-hybridized carbons (Fsp3) is 0.286. The summed E-state index contributed by atoms with van der Waals surface area (Å²) < 4.78 is 19.5. The summed E-state index contributed by atoms with van der Waals surface area (Å²) in [4.78, 5) is 31.1. The third-order valence-electron chi connectivity index (χ3n) is 5.08. The van der Waals surface area contributed by atoms with E-state index in [1.807, 2.05) is 6.07 Å². The number of para-hydroxylation sites is 2. The van der Waals surface area contributed by atoms with Gasteiger partial charge >= 0.3 is 5.97 Å². The van der Waals surface area contributed by atoms with Gasteiger partial charge in [-0.05, 0) is 37.1 Å². The molecule has 8 heteroatoms. The molecule has 1 amide bonds. The first-order chi connectivity index (χ1) is 14.1. The molecule has 1 fully saturated rings. The van der Waals surface area contributed by atoms with Gasteiger partial charge in [0.15, 0.2) is 5.13 Å². The van der Waals surface area contributed by atoms with E-state index in [9.17, 15) is 14.0 Å². The maximum atomic E-state index is 13.9. The van der Waals surface area contributed by atoms with Crippen molar-refractivity contribution in [3.8, 4) is 0 Å². The zero-order valence-electron chi connectivity index (χ0n) is 15.9. The van der Waals surface area contributed by atoms with E-state index < -0.39 is 5.97 Å². The number of carbonyl (C=O) groups excluding carboxylic acids is 2. The number of halogens is 1. The molecular weight excluding hydrogens is 393 g/mol. The van der Waals surface area contributed by atoms with E-state index in [4.69, 9.17) is 4.74 Å². The molecule has 3 aromatic rings. The second-order valence-electron chi connectivity index (χ2n) is 6.87. The Balaban J connectivity index is 1.41. The monoisotopic (exact) mass is 413 g/mol. The molecule has 1 aromatic heterocycles. The van der Waals surface area contributed by atoms with Crippen molar-refractivity contribution in [2.24, 2.45) is 5.92 Å². The number of rotatable bonds is 4. The van der Waals surface area contributed by atoms with Crippen molar-refractivity contribution in [3.63, 3.8) is 0 Å². The number of aromatic nitrogens is 1. The van der Waals surface area contributed by atoms with Gasteiger partial charge in [-0.2, -0.15) is 0 Å². The largest absolute Gasteiger partial charge is 0.465 e. The fourth-order valence-electron chi connectivity index (χ4n) is 3.49. The molecule has 0 spiro atoms. The van der Waals surface area contributed by atoms with Gasteiger partial charge in [0.05, 0.1) is 23.1 Å². The highest BCUT2D eigenvalue weighted by Gasteiger charge is 2.27. The molecule has 1 N–H and O–H groups in total. The standard InChI is InChI=1S/C21H20FN3O3S/c1-28-20(27)14-5-2-3-7-16(14)23-19(26)13-9-11-25(12-10-13)21-24-18-15(22)6-4-8-17(18)29-21/h2-8,13H,9-12H2,1H3,(H,23,26). The third kappa shape index (κ3) is 3.93. The summed E-state index contributed by atoms with van der Waals surface area (Å²) in [5.74, 6) is -1.08. The maximum Gasteiger partial charge on any atom is 0.339 e. The molecule has 1 aliphatic heterocycles. The van der Waals surface area contributed by atoms with Crippen LogP contribution >= 0.6 is 11.3 Å². The SMILES string of the molecule is COC(=O)c1ccccc1NC(=O)C1CCN(c2nc3c(F)cccc3s2)CC1. The van der Waals surface area contributed by atoms with E-state index in [0.717, 1.165) is 9.83 Å². The van der Waals surface area contributed by atoms with Crippen molar-refractivity contribution >= 4 is 44.2 Å². The molecule has 0 aliphatic carbocycles. The molecule has 1 saturated heterocycles. The lowest BCUT2D eigenvalue weighted by Gasteiger charge is -2.31. The van der Waals surface area contributed by atoms with E-state index in [-0.39, 0.29) is 17.6 Å². The van der Waals surface area contributed by atoms with Crippen molar-refractivity contribution in [2.75, 3.05) is 30.4 Å². The molecule has 0 radical (unpaired) electrons. The molecule has 4 rings (SSSR count). The van der Waals surface area contributed by atoms with Crippen LogP contribution in [0.5, 0.6) is 0 Å². The number of hydrogen-bond donors (Lipinski definition) is 1. The number of benzene rings is 2. The number of carbonyl (C=O) groups is 2. The van der Waals surface area contributed by atoms with E-state index in [0.29, 0.717) is 42.7 Å². The summed E-state index contributed by atoms with van der Waals surface area (Å²) >= 11 is 1.46. The van der Waals surface area contributed by atoms with Crippen molar-refractivity contribution in [2.45, 2.75) is 12.8 Å². The Morgan fingerprint density at radius 3 is 2.66 bits per heavy atom. The highest BCUT2D eigenvalue weighted by atomic mass is 32.1. The van der Waals surface area contributed by atoms with Gasteiger partial charge in [0, 0.05) is 19.0 Å². The Morgan fingerprint density at radius 2 is 1.93 bits per heavy atom. The Bertz CT molecular complexity index is 1060. The molecule has 1 aliphatic rings. The number of hydrogen-bond acceptors (Lipinski definition) is 6. The van der Waals surface area contributed by atoms with Crippen LogP contribution in [-0.4, -0.2) is 37.1 Å². The zero-order chi connectivity index (χ0) is 20.4. The van der Waals surface area contributed by atoms with Crippen LogP contribution in [0.1, 0.15) is 23.2 Å². The minimum atomic E-state index is -0.487. The molecule has 2 heterocycles. The summed E-state index contributed by atoms with van der Waals surface area (Å²) in [6.45, 7) is 1.33. The first-order valence-corrected chi connectivity index (χ1v) is 10.2. The number of nitrogens with zero attached hydrogens (tertiary/aromatic N) is 2. The lowest BCUT2D eigenvalue weighted by molar-refractivity contribution is -0.120. The Hall–Kier alpha value is -3.00. The van der Waals surface area contributed by atoms with Crippen LogP contribution < -0.4 is 10.2 Å². The Labute approximate surface area is 171 Å². The number of ether oxygens (including phenoxy) is 1. The average Bonchev–Trinajstić information content (AvgIpc) is 3.19. The highest BCUT2D eigenvalue weighted by Crippen LogP contribution is 2.33. The summed E-state index contributed by atoms with van der Waals surface area (Å²) in [7, 11) is 1.31. The minimum Gasteiger partial charge on any atom is -0.465 e. The van der Waals surface area contributed by atoms with E-state index in [1.165, 1.54) is 24.5 Å². The van der Waals surface area contributed by atoms with Crippen LogP contribution in [0.3, 0.4) is 0 Å². The van der Waals surface area contributed by atoms with Crippen LogP contribution in [0.2, 0.25) is 0 Å². The molecular formula is C21H20FN3O3S. The molecule has 2 aromatic carbocycles. The van der Waals surface area contributed by atoms with Gasteiger partial charge in [-0.3, -0.25) is 4.79 Å². The van der Waals surface area contributed by atoms with Crippen LogP contribution in [0.4, 0.5) is 15.2 Å². The number of fused-ring (bicyclic) bond motifs is 1. The van der Waals surface area contributed by atoms with Crippen LogP contribution in [0.25, 0.3) is 10.2 Å². The van der Waals surface area contributed by atoms with E-state index >= 15 is 0 Å². The smallest absolute Gasteiger partial charge is 0.339 e. The molecule has 6 nitrogen and oxygen atoms in total. The molecule has 0 unspecified atom stereocenters. The van der Waals surface area contributed by atoms with Crippen molar-refractivity contribution in [1.82, 2.24) is 4.98 Å². The number of esters is 1. The third-order valence-corrected chi connectivity index (χ3v) is 6.17. The number of anilines is 2. The second-order valence-corrected chi connectivity index (χ2v) is 7.88. The molecule has 29 heavy (non-hydrogen) atoms. The molecule has 0 atom stereocenters. The second kappa shape index (κ2) is 8.16. The van der Waals surface area contributed by atoms with Crippen molar-refractivity contribution in [1.29, 1.82) is 0 Å². The zero-order valence-corrected chi connectivity index (χ0v) is 16.7. The predicted octanol–water partition coefficient (Wildman–Crippen LogP) is 4.08. The van der Waals surface area contributed by atoms with E-state index in [1.54, 1.807) is 30.3 Å². The molecule has 0 saturated carbocycles. The van der Waals surface area contributed by atoms with Gasteiger partial charge in [-0.15, -0.1) is 0 Å². The highest BCUT2D eigenvalue weighted by molar-refractivity contribution is 7.22. The van der Waals surface area contributed by atoms with Gasteiger partial charge in [-0.25, -0.2) is 14.2 Å². The number of piperidine rings is 1. The summed E-state index contributed by atoms with van der Waals surface area (Å²) in [6.07, 6.45) is 1.31. The normalized spacial score (nSPS) is 14.8. The van der Waals surface area contributed by atoms with Crippen molar-refractivity contribution < 1.29 is 18.7 Å². The number of methoxy groups -OCH3 is 1. The number of nitrogens with one attached hydrogen (secondary N) is 1. The van der Waals surface area contributed by atoms with Crippen LogP contribution in [0.15, 0.2) is 42.5 Å². The van der Waals surface area contributed by atoms with Gasteiger partial charge in [0.1, 0.15) is 11.3 Å². The summed E-state index contributed by atoms with van der Waals surface area (Å²) in [5, 5.41) is 3.64. The number of thiazole rings is 1. The topological polar surface area (TPSA) is 71.5 Å². The van der Waals surface area contributed by atoms with Gasteiger partial charge in [0.25, 0.3) is 0 Å². The van der Waals surface area contributed by atoms with Gasteiger partial charge in [-0.1, -0.05) is 29.5 Å². The van der Waals surface area contributed by atoms with Gasteiger partial charge in [0.2, 0.25) is 5.91 Å². The fourth-order valence-corrected chi connectivity index (χ4v) is 4.52. The lowest BCUT2D eigenvalue weighted by atomic mass is 9.96. The lowest BCUT2D eigenvalue weighted by Crippen LogP contribution is -2.38. The predicted molar refractivity (Wildman–Crippen MR) is 111 cm³/mol. The first-order valence-electron chi connectivity index (χ1n) is 9.35. The first kappa shape index (κ1) is 19.3. The summed E-state index contributed by atoms with van der Waals surface area (Å²) in [6, 6.07) is 11.7. The molecule has 150 valence electrons. The summed E-state index contributed by atoms with van der Waals surface area (Å²) in [5.41, 5.74) is 1.18. The maximum absolute atomic E-state index is 13.9. The Morgan fingerprint density at radius 1 is 1.17 bits per heavy atom. The average molecular weight is 413 g/mol.